The molecule has 1 aromatic carbocycles. The van der Waals surface area contributed by atoms with Crippen LogP contribution in [0.5, 0.6) is 0 Å². The summed E-state index contributed by atoms with van der Waals surface area (Å²) in [6.07, 6.45) is 5.46. The summed E-state index contributed by atoms with van der Waals surface area (Å²) in [6, 6.07) is 12.3. The standard InChI is InChI=1S/C14H14N2/c1-2-8-16-14-5-3-4-13(11-14)12-6-9-15-10-7-12/h2-7,9-11,16H,1,8H2. The zero-order valence-corrected chi connectivity index (χ0v) is 9.06. The molecule has 2 rings (SSSR count). The number of nitrogens with zero attached hydrogens (tertiary/aromatic N) is 1. The van der Waals surface area contributed by atoms with Crippen molar-refractivity contribution in [3.8, 4) is 11.1 Å². The Labute approximate surface area is 95.7 Å². The Morgan fingerprint density at radius 2 is 1.94 bits per heavy atom. The molecular weight excluding hydrogens is 196 g/mol. The van der Waals surface area contributed by atoms with Gasteiger partial charge in [0.15, 0.2) is 0 Å². The molecule has 2 aromatic rings. The minimum Gasteiger partial charge on any atom is -0.382 e. The van der Waals surface area contributed by atoms with Gasteiger partial charge in [-0.1, -0.05) is 18.2 Å². The summed E-state index contributed by atoms with van der Waals surface area (Å²) in [5.41, 5.74) is 3.47. The highest BCUT2D eigenvalue weighted by Crippen LogP contribution is 2.21. The molecule has 0 bridgehead atoms. The van der Waals surface area contributed by atoms with Crippen LogP contribution in [0.15, 0.2) is 61.4 Å². The van der Waals surface area contributed by atoms with Crippen LogP contribution in [0.1, 0.15) is 0 Å². The first-order chi connectivity index (χ1) is 7.90. The molecule has 0 aliphatic rings. The Morgan fingerprint density at radius 1 is 1.12 bits per heavy atom. The van der Waals surface area contributed by atoms with Crippen molar-refractivity contribution in [3.05, 3.63) is 61.4 Å². The molecule has 1 aromatic heterocycles. The van der Waals surface area contributed by atoms with Crippen molar-refractivity contribution in [2.75, 3.05) is 11.9 Å². The van der Waals surface area contributed by atoms with Crippen LogP contribution in [0, 0.1) is 0 Å². The first-order valence-electron chi connectivity index (χ1n) is 5.25. The summed E-state index contributed by atoms with van der Waals surface area (Å²) in [5, 5.41) is 3.27. The van der Waals surface area contributed by atoms with E-state index in [1.54, 1.807) is 12.4 Å². The maximum Gasteiger partial charge on any atom is 0.0348 e. The minimum atomic E-state index is 0.778. The van der Waals surface area contributed by atoms with E-state index in [9.17, 15) is 0 Å². The Balaban J connectivity index is 2.25. The van der Waals surface area contributed by atoms with E-state index >= 15 is 0 Å². The third-order valence-electron chi connectivity index (χ3n) is 2.33. The number of nitrogens with one attached hydrogen (secondary N) is 1. The van der Waals surface area contributed by atoms with Crippen LogP contribution in [-0.2, 0) is 0 Å². The highest BCUT2D eigenvalue weighted by Gasteiger charge is 1.97. The van der Waals surface area contributed by atoms with Gasteiger partial charge in [-0.05, 0) is 35.4 Å². The molecule has 80 valence electrons. The number of pyridine rings is 1. The summed E-state index contributed by atoms with van der Waals surface area (Å²) in [4.78, 5) is 4.01. The normalized spacial score (nSPS) is 9.75. The first kappa shape index (κ1) is 10.4. The van der Waals surface area contributed by atoms with Gasteiger partial charge in [0.25, 0.3) is 0 Å². The lowest BCUT2D eigenvalue weighted by atomic mass is 10.1. The average molecular weight is 210 g/mol. The molecule has 0 saturated heterocycles. The van der Waals surface area contributed by atoms with Gasteiger partial charge in [0, 0.05) is 24.6 Å². The molecule has 2 nitrogen and oxygen atoms in total. The second kappa shape index (κ2) is 5.12. The van der Waals surface area contributed by atoms with Crippen LogP contribution < -0.4 is 5.32 Å². The molecule has 0 aliphatic carbocycles. The smallest absolute Gasteiger partial charge is 0.0348 e. The van der Waals surface area contributed by atoms with Crippen molar-refractivity contribution in [3.63, 3.8) is 0 Å². The minimum absolute atomic E-state index is 0.778. The molecule has 0 fully saturated rings. The summed E-state index contributed by atoms with van der Waals surface area (Å²) < 4.78 is 0. The molecule has 0 radical (unpaired) electrons. The van der Waals surface area contributed by atoms with Crippen molar-refractivity contribution in [2.45, 2.75) is 0 Å². The van der Waals surface area contributed by atoms with Gasteiger partial charge >= 0.3 is 0 Å². The molecule has 0 saturated carbocycles. The van der Waals surface area contributed by atoms with E-state index in [-0.39, 0.29) is 0 Å². The number of hydrogen-bond acceptors (Lipinski definition) is 2. The number of rotatable bonds is 4. The Morgan fingerprint density at radius 3 is 2.69 bits per heavy atom. The highest BCUT2D eigenvalue weighted by molar-refractivity contribution is 5.67. The lowest BCUT2D eigenvalue weighted by Crippen LogP contribution is -1.97. The Kier molecular flexibility index (Phi) is 3.34. The predicted octanol–water partition coefficient (Wildman–Crippen LogP) is 3.35. The molecule has 0 atom stereocenters. The van der Waals surface area contributed by atoms with Gasteiger partial charge in [-0.25, -0.2) is 0 Å². The summed E-state index contributed by atoms with van der Waals surface area (Å²) in [6.45, 7) is 4.46. The van der Waals surface area contributed by atoms with Gasteiger partial charge in [-0.2, -0.15) is 0 Å². The molecule has 2 heteroatoms. The van der Waals surface area contributed by atoms with E-state index in [4.69, 9.17) is 0 Å². The van der Waals surface area contributed by atoms with Crippen molar-refractivity contribution in [1.29, 1.82) is 0 Å². The molecule has 1 N–H and O–H groups in total. The second-order valence-corrected chi connectivity index (χ2v) is 3.49. The lowest BCUT2D eigenvalue weighted by Gasteiger charge is -2.06. The van der Waals surface area contributed by atoms with Gasteiger partial charge in [0.05, 0.1) is 0 Å². The molecule has 0 amide bonds. The van der Waals surface area contributed by atoms with Gasteiger partial charge in [-0.3, -0.25) is 4.98 Å². The number of hydrogen-bond donors (Lipinski definition) is 1. The number of aromatic nitrogens is 1. The quantitative estimate of drug-likeness (QED) is 0.783. The monoisotopic (exact) mass is 210 g/mol. The van der Waals surface area contributed by atoms with Gasteiger partial charge in [-0.15, -0.1) is 6.58 Å². The highest BCUT2D eigenvalue weighted by atomic mass is 14.8. The van der Waals surface area contributed by atoms with Crippen molar-refractivity contribution >= 4 is 5.69 Å². The van der Waals surface area contributed by atoms with Crippen molar-refractivity contribution in [2.24, 2.45) is 0 Å². The maximum absolute atomic E-state index is 4.01. The molecule has 1 heterocycles. The van der Waals surface area contributed by atoms with Crippen LogP contribution in [0.2, 0.25) is 0 Å². The summed E-state index contributed by atoms with van der Waals surface area (Å²) >= 11 is 0. The van der Waals surface area contributed by atoms with Crippen molar-refractivity contribution < 1.29 is 0 Å². The van der Waals surface area contributed by atoms with Crippen molar-refractivity contribution in [1.82, 2.24) is 4.98 Å². The fraction of sp³-hybridized carbons (Fsp3) is 0.0714. The van der Waals surface area contributed by atoms with E-state index in [2.05, 4.69) is 29.0 Å². The third-order valence-corrected chi connectivity index (χ3v) is 2.33. The van der Waals surface area contributed by atoms with E-state index in [0.29, 0.717) is 0 Å². The average Bonchev–Trinajstić information content (AvgIpc) is 2.38. The number of benzene rings is 1. The van der Waals surface area contributed by atoms with Crippen LogP contribution in [0.4, 0.5) is 5.69 Å². The van der Waals surface area contributed by atoms with E-state index < -0.39 is 0 Å². The third kappa shape index (κ3) is 2.48. The number of anilines is 1. The summed E-state index contributed by atoms with van der Waals surface area (Å²) in [5.74, 6) is 0. The van der Waals surface area contributed by atoms with Gasteiger partial charge < -0.3 is 5.32 Å². The van der Waals surface area contributed by atoms with Crippen LogP contribution in [0.25, 0.3) is 11.1 Å². The first-order valence-corrected chi connectivity index (χ1v) is 5.25. The van der Waals surface area contributed by atoms with Crippen LogP contribution >= 0.6 is 0 Å². The fourth-order valence-corrected chi connectivity index (χ4v) is 1.54. The zero-order valence-electron chi connectivity index (χ0n) is 9.06. The molecule has 0 aliphatic heterocycles. The summed E-state index contributed by atoms with van der Waals surface area (Å²) in [7, 11) is 0. The SMILES string of the molecule is C=CCNc1cccc(-c2ccncc2)c1. The predicted molar refractivity (Wildman–Crippen MR) is 68.4 cm³/mol. The molecule has 0 spiro atoms. The Bertz CT molecular complexity index is 463. The molecule has 0 unspecified atom stereocenters. The lowest BCUT2D eigenvalue weighted by molar-refractivity contribution is 1.32. The topological polar surface area (TPSA) is 24.9 Å². The van der Waals surface area contributed by atoms with E-state index in [1.165, 1.54) is 11.1 Å². The van der Waals surface area contributed by atoms with E-state index in [1.807, 2.05) is 30.3 Å². The molecular formula is C14H14N2. The fourth-order valence-electron chi connectivity index (χ4n) is 1.54. The largest absolute Gasteiger partial charge is 0.382 e. The van der Waals surface area contributed by atoms with Gasteiger partial charge in [0.1, 0.15) is 0 Å². The molecule has 16 heavy (non-hydrogen) atoms. The zero-order chi connectivity index (χ0) is 11.2. The van der Waals surface area contributed by atoms with E-state index in [0.717, 1.165) is 12.2 Å². The Hall–Kier alpha value is -2.09. The van der Waals surface area contributed by atoms with Crippen LogP contribution in [-0.4, -0.2) is 11.5 Å². The second-order valence-electron chi connectivity index (χ2n) is 3.49. The maximum atomic E-state index is 4.01. The van der Waals surface area contributed by atoms with Crippen LogP contribution in [0.3, 0.4) is 0 Å². The van der Waals surface area contributed by atoms with Gasteiger partial charge in [0.2, 0.25) is 0 Å².